The third-order valence-electron chi connectivity index (χ3n) is 4.77. The summed E-state index contributed by atoms with van der Waals surface area (Å²) in [5, 5.41) is 1.54. The van der Waals surface area contributed by atoms with Crippen LogP contribution in [0, 0.1) is 0 Å². The summed E-state index contributed by atoms with van der Waals surface area (Å²) in [5.74, 6) is 0.0790. The zero-order valence-corrected chi connectivity index (χ0v) is 15.6. The van der Waals surface area contributed by atoms with Gasteiger partial charge in [0, 0.05) is 24.0 Å². The lowest BCUT2D eigenvalue weighted by atomic mass is 10.1. The number of carbonyl (C=O) groups excluding carboxylic acids is 1. The largest absolute Gasteiger partial charge is 0.312 e. The van der Waals surface area contributed by atoms with Gasteiger partial charge in [-0.2, -0.15) is 0 Å². The standard InChI is InChI=1S/C21H20N2O3S/c24-21-13-3-4-14-23(21)18-10-6-9-17(15-18)22-27(25,26)20-12-5-8-16-7-1-2-11-19(16)20/h1-2,5-12,15,22H,3-4,13-14H2. The van der Waals surface area contributed by atoms with E-state index < -0.39 is 10.0 Å². The Balaban J connectivity index is 1.67. The highest BCUT2D eigenvalue weighted by Crippen LogP contribution is 2.28. The summed E-state index contributed by atoms with van der Waals surface area (Å²) < 4.78 is 28.6. The first-order chi connectivity index (χ1) is 13.0. The fraction of sp³-hybridized carbons (Fsp3) is 0.190. The predicted octanol–water partition coefficient (Wildman–Crippen LogP) is 4.16. The second-order valence-electron chi connectivity index (χ2n) is 6.64. The highest BCUT2D eigenvalue weighted by molar-refractivity contribution is 7.93. The van der Waals surface area contributed by atoms with Crippen molar-refractivity contribution in [2.75, 3.05) is 16.2 Å². The molecule has 0 aromatic heterocycles. The number of nitrogens with one attached hydrogen (secondary N) is 1. The molecule has 1 N–H and O–H groups in total. The van der Waals surface area contributed by atoms with Crippen LogP contribution in [0.3, 0.4) is 0 Å². The Labute approximate surface area is 158 Å². The monoisotopic (exact) mass is 380 g/mol. The lowest BCUT2D eigenvalue weighted by molar-refractivity contribution is -0.119. The minimum absolute atomic E-state index is 0.0790. The number of anilines is 2. The maximum absolute atomic E-state index is 13.0. The highest BCUT2D eigenvalue weighted by atomic mass is 32.2. The number of fused-ring (bicyclic) bond motifs is 1. The molecule has 1 aliphatic heterocycles. The van der Waals surface area contributed by atoms with Gasteiger partial charge in [-0.15, -0.1) is 0 Å². The van der Waals surface area contributed by atoms with Crippen LogP contribution in [-0.4, -0.2) is 20.9 Å². The molecule has 0 bridgehead atoms. The van der Waals surface area contributed by atoms with Crippen molar-refractivity contribution in [3.63, 3.8) is 0 Å². The van der Waals surface area contributed by atoms with Crippen molar-refractivity contribution < 1.29 is 13.2 Å². The molecule has 0 radical (unpaired) electrons. The van der Waals surface area contributed by atoms with Gasteiger partial charge in [-0.25, -0.2) is 8.42 Å². The molecule has 1 amide bonds. The molecule has 0 aliphatic carbocycles. The third-order valence-corrected chi connectivity index (χ3v) is 6.21. The van der Waals surface area contributed by atoms with Crippen molar-refractivity contribution in [1.82, 2.24) is 0 Å². The summed E-state index contributed by atoms with van der Waals surface area (Å²) in [4.78, 5) is 14.1. The minimum atomic E-state index is -3.75. The number of benzene rings is 3. The van der Waals surface area contributed by atoms with Gasteiger partial charge in [0.25, 0.3) is 10.0 Å². The van der Waals surface area contributed by atoms with Crippen molar-refractivity contribution in [2.45, 2.75) is 24.2 Å². The number of carbonyl (C=O) groups is 1. The Morgan fingerprint density at radius 3 is 2.52 bits per heavy atom. The Bertz CT molecular complexity index is 1100. The molecule has 0 unspecified atom stereocenters. The van der Waals surface area contributed by atoms with E-state index in [-0.39, 0.29) is 10.8 Å². The van der Waals surface area contributed by atoms with E-state index in [1.807, 2.05) is 30.3 Å². The van der Waals surface area contributed by atoms with E-state index in [2.05, 4.69) is 4.72 Å². The van der Waals surface area contributed by atoms with E-state index in [0.717, 1.165) is 23.9 Å². The number of hydrogen-bond acceptors (Lipinski definition) is 3. The van der Waals surface area contributed by atoms with Gasteiger partial charge in [-0.05, 0) is 42.5 Å². The zero-order valence-electron chi connectivity index (χ0n) is 14.8. The summed E-state index contributed by atoms with van der Waals surface area (Å²) in [6.07, 6.45) is 2.40. The molecule has 1 fully saturated rings. The molecule has 3 aromatic rings. The minimum Gasteiger partial charge on any atom is -0.312 e. The third kappa shape index (κ3) is 3.53. The lowest BCUT2D eigenvalue weighted by Gasteiger charge is -2.27. The first kappa shape index (κ1) is 17.5. The topological polar surface area (TPSA) is 66.5 Å². The van der Waals surface area contributed by atoms with Crippen LogP contribution < -0.4 is 9.62 Å². The number of nitrogens with zero attached hydrogens (tertiary/aromatic N) is 1. The zero-order chi connectivity index (χ0) is 18.9. The smallest absolute Gasteiger partial charge is 0.262 e. The molecule has 4 rings (SSSR count). The van der Waals surface area contributed by atoms with Crippen molar-refractivity contribution in [2.24, 2.45) is 0 Å². The fourth-order valence-electron chi connectivity index (χ4n) is 3.46. The van der Waals surface area contributed by atoms with Gasteiger partial charge in [0.1, 0.15) is 0 Å². The number of sulfonamides is 1. The molecule has 1 heterocycles. The SMILES string of the molecule is O=C1CCCCN1c1cccc(NS(=O)(=O)c2cccc3ccccc23)c1. The first-order valence-electron chi connectivity index (χ1n) is 8.96. The lowest BCUT2D eigenvalue weighted by Crippen LogP contribution is -2.35. The van der Waals surface area contributed by atoms with Crippen molar-refractivity contribution in [1.29, 1.82) is 0 Å². The van der Waals surface area contributed by atoms with E-state index in [1.165, 1.54) is 0 Å². The molecule has 0 spiro atoms. The van der Waals surface area contributed by atoms with Gasteiger partial charge in [-0.1, -0.05) is 42.5 Å². The Morgan fingerprint density at radius 2 is 1.67 bits per heavy atom. The maximum atomic E-state index is 13.0. The highest BCUT2D eigenvalue weighted by Gasteiger charge is 2.21. The van der Waals surface area contributed by atoms with Crippen LogP contribution in [0.15, 0.2) is 71.6 Å². The summed E-state index contributed by atoms with van der Waals surface area (Å²) >= 11 is 0. The molecule has 5 nitrogen and oxygen atoms in total. The van der Waals surface area contributed by atoms with Gasteiger partial charge in [0.05, 0.1) is 10.6 Å². The van der Waals surface area contributed by atoms with Gasteiger partial charge >= 0.3 is 0 Å². The van der Waals surface area contributed by atoms with Gasteiger partial charge < -0.3 is 4.90 Å². The second-order valence-corrected chi connectivity index (χ2v) is 8.29. The number of hydrogen-bond donors (Lipinski definition) is 1. The van der Waals surface area contributed by atoms with Crippen LogP contribution in [0.1, 0.15) is 19.3 Å². The molecule has 138 valence electrons. The first-order valence-corrected chi connectivity index (χ1v) is 10.4. The molecule has 0 atom stereocenters. The van der Waals surface area contributed by atoms with Gasteiger partial charge in [-0.3, -0.25) is 9.52 Å². The van der Waals surface area contributed by atoms with E-state index in [9.17, 15) is 13.2 Å². The Kier molecular flexibility index (Phi) is 4.58. The van der Waals surface area contributed by atoms with Crippen LogP contribution in [0.4, 0.5) is 11.4 Å². The molecule has 0 saturated carbocycles. The van der Waals surface area contributed by atoms with Crippen molar-refractivity contribution in [3.8, 4) is 0 Å². The van der Waals surface area contributed by atoms with Crippen molar-refractivity contribution >= 4 is 38.1 Å². The number of amides is 1. The molecule has 27 heavy (non-hydrogen) atoms. The average molecular weight is 380 g/mol. The maximum Gasteiger partial charge on any atom is 0.262 e. The van der Waals surface area contributed by atoms with E-state index in [0.29, 0.717) is 24.0 Å². The summed E-state index contributed by atoms with van der Waals surface area (Å²) in [6, 6.07) is 19.6. The number of piperidine rings is 1. The normalized spacial score (nSPS) is 15.1. The van der Waals surface area contributed by atoms with E-state index >= 15 is 0 Å². The van der Waals surface area contributed by atoms with Gasteiger partial charge in [0.2, 0.25) is 5.91 Å². The molecule has 3 aromatic carbocycles. The van der Waals surface area contributed by atoms with Gasteiger partial charge in [0.15, 0.2) is 0 Å². The molecular formula is C21H20N2O3S. The van der Waals surface area contributed by atoms with Crippen LogP contribution in [-0.2, 0) is 14.8 Å². The van der Waals surface area contributed by atoms with Crippen LogP contribution >= 0.6 is 0 Å². The Hall–Kier alpha value is -2.86. The molecule has 6 heteroatoms. The summed E-state index contributed by atoms with van der Waals surface area (Å²) in [6.45, 7) is 0.665. The second kappa shape index (κ2) is 7.04. The molecular weight excluding hydrogens is 360 g/mol. The van der Waals surface area contributed by atoms with Crippen LogP contribution in [0.2, 0.25) is 0 Å². The van der Waals surface area contributed by atoms with E-state index in [1.54, 1.807) is 41.3 Å². The fourth-order valence-corrected chi connectivity index (χ4v) is 4.74. The summed E-state index contributed by atoms with van der Waals surface area (Å²) in [7, 11) is -3.75. The van der Waals surface area contributed by atoms with Crippen molar-refractivity contribution in [3.05, 3.63) is 66.7 Å². The number of rotatable bonds is 4. The predicted molar refractivity (Wildman–Crippen MR) is 107 cm³/mol. The quantitative estimate of drug-likeness (QED) is 0.739. The van der Waals surface area contributed by atoms with Crippen LogP contribution in [0.5, 0.6) is 0 Å². The molecule has 1 aliphatic rings. The summed E-state index contributed by atoms with van der Waals surface area (Å²) in [5.41, 5.74) is 1.16. The van der Waals surface area contributed by atoms with Crippen LogP contribution in [0.25, 0.3) is 10.8 Å². The molecule has 1 saturated heterocycles. The van der Waals surface area contributed by atoms with E-state index in [4.69, 9.17) is 0 Å². The average Bonchev–Trinajstić information content (AvgIpc) is 2.68. The Morgan fingerprint density at radius 1 is 0.889 bits per heavy atom.